The number of hydrogen-bond acceptors (Lipinski definition) is 2. The molecule has 2 amide bonds. The van der Waals surface area contributed by atoms with E-state index in [-0.39, 0.29) is 6.03 Å². The summed E-state index contributed by atoms with van der Waals surface area (Å²) in [5.41, 5.74) is -0.834. The molecular formula is C9H20N2O2. The SMILES string of the molecule is CCN(C)C(=O)N(C)CC(C)(C)O. The first-order chi connectivity index (χ1) is 5.78. The van der Waals surface area contributed by atoms with Gasteiger partial charge in [-0.15, -0.1) is 0 Å². The molecule has 0 heterocycles. The number of nitrogens with zero attached hydrogens (tertiary/aromatic N) is 2. The third-order valence-electron chi connectivity index (χ3n) is 1.75. The van der Waals surface area contributed by atoms with Gasteiger partial charge >= 0.3 is 6.03 Å². The van der Waals surface area contributed by atoms with Crippen molar-refractivity contribution in [3.05, 3.63) is 0 Å². The van der Waals surface area contributed by atoms with Crippen LogP contribution in [-0.4, -0.2) is 53.7 Å². The summed E-state index contributed by atoms with van der Waals surface area (Å²) >= 11 is 0. The molecule has 0 unspecified atom stereocenters. The molecular weight excluding hydrogens is 168 g/mol. The molecule has 0 aromatic rings. The molecule has 0 saturated heterocycles. The van der Waals surface area contributed by atoms with Crippen LogP contribution in [0.2, 0.25) is 0 Å². The molecule has 0 bridgehead atoms. The highest BCUT2D eigenvalue weighted by Crippen LogP contribution is 2.04. The molecule has 0 aliphatic rings. The first kappa shape index (κ1) is 12.2. The van der Waals surface area contributed by atoms with Crippen molar-refractivity contribution < 1.29 is 9.90 Å². The lowest BCUT2D eigenvalue weighted by Gasteiger charge is -2.28. The Morgan fingerprint density at radius 3 is 2.08 bits per heavy atom. The second-order valence-corrected chi connectivity index (χ2v) is 3.97. The summed E-state index contributed by atoms with van der Waals surface area (Å²) in [5.74, 6) is 0. The largest absolute Gasteiger partial charge is 0.389 e. The van der Waals surface area contributed by atoms with Gasteiger partial charge in [0, 0.05) is 20.6 Å². The minimum absolute atomic E-state index is 0.0652. The molecule has 0 spiro atoms. The van der Waals surface area contributed by atoms with E-state index in [2.05, 4.69) is 0 Å². The van der Waals surface area contributed by atoms with Crippen LogP contribution in [-0.2, 0) is 0 Å². The highest BCUT2D eigenvalue weighted by molar-refractivity contribution is 5.73. The first-order valence-electron chi connectivity index (χ1n) is 4.46. The Kier molecular flexibility index (Phi) is 4.20. The fourth-order valence-electron chi connectivity index (χ4n) is 1.07. The van der Waals surface area contributed by atoms with Crippen LogP contribution in [0, 0.1) is 0 Å². The highest BCUT2D eigenvalue weighted by atomic mass is 16.3. The summed E-state index contributed by atoms with van der Waals surface area (Å²) in [6.07, 6.45) is 0. The van der Waals surface area contributed by atoms with E-state index in [0.29, 0.717) is 13.1 Å². The van der Waals surface area contributed by atoms with E-state index in [1.54, 1.807) is 32.8 Å². The lowest BCUT2D eigenvalue weighted by molar-refractivity contribution is 0.0487. The number of likely N-dealkylation sites (N-methyl/N-ethyl adjacent to an activating group) is 1. The number of aliphatic hydroxyl groups is 1. The maximum Gasteiger partial charge on any atom is 0.319 e. The Balaban J connectivity index is 4.12. The zero-order valence-electron chi connectivity index (χ0n) is 9.16. The van der Waals surface area contributed by atoms with Crippen molar-refractivity contribution in [2.45, 2.75) is 26.4 Å². The van der Waals surface area contributed by atoms with Crippen LogP contribution in [0.4, 0.5) is 4.79 Å². The van der Waals surface area contributed by atoms with Crippen molar-refractivity contribution in [2.75, 3.05) is 27.2 Å². The Morgan fingerprint density at radius 2 is 1.77 bits per heavy atom. The molecule has 13 heavy (non-hydrogen) atoms. The summed E-state index contributed by atoms with van der Waals surface area (Å²) < 4.78 is 0. The van der Waals surface area contributed by atoms with E-state index >= 15 is 0 Å². The van der Waals surface area contributed by atoms with Crippen LogP contribution in [0.1, 0.15) is 20.8 Å². The molecule has 0 atom stereocenters. The minimum atomic E-state index is -0.834. The second-order valence-electron chi connectivity index (χ2n) is 3.97. The van der Waals surface area contributed by atoms with Gasteiger partial charge in [0.2, 0.25) is 0 Å². The number of hydrogen-bond donors (Lipinski definition) is 1. The summed E-state index contributed by atoms with van der Waals surface area (Å²) in [6, 6.07) is -0.0652. The Labute approximate surface area is 80.1 Å². The average Bonchev–Trinajstić information content (AvgIpc) is 1.98. The molecule has 4 heteroatoms. The van der Waals surface area contributed by atoms with Crippen LogP contribution in [0.25, 0.3) is 0 Å². The Hall–Kier alpha value is -0.770. The quantitative estimate of drug-likeness (QED) is 0.710. The first-order valence-corrected chi connectivity index (χ1v) is 4.46. The lowest BCUT2D eigenvalue weighted by Crippen LogP contribution is -2.45. The third-order valence-corrected chi connectivity index (χ3v) is 1.75. The maximum absolute atomic E-state index is 11.5. The minimum Gasteiger partial charge on any atom is -0.389 e. The van der Waals surface area contributed by atoms with Gasteiger partial charge < -0.3 is 14.9 Å². The van der Waals surface area contributed by atoms with Crippen molar-refractivity contribution >= 4 is 6.03 Å². The molecule has 0 saturated carbocycles. The van der Waals surface area contributed by atoms with Crippen molar-refractivity contribution in [3.8, 4) is 0 Å². The van der Waals surface area contributed by atoms with E-state index in [9.17, 15) is 9.90 Å². The van der Waals surface area contributed by atoms with Gasteiger partial charge in [0.1, 0.15) is 0 Å². The van der Waals surface area contributed by atoms with Gasteiger partial charge in [-0.1, -0.05) is 0 Å². The predicted octanol–water partition coefficient (Wildman–Crippen LogP) is 0.761. The molecule has 0 fully saturated rings. The van der Waals surface area contributed by atoms with E-state index < -0.39 is 5.60 Å². The number of urea groups is 1. The molecule has 4 nitrogen and oxygen atoms in total. The standard InChI is InChI=1S/C9H20N2O2/c1-6-10(4)8(12)11(5)7-9(2,3)13/h13H,6-7H2,1-5H3. The Bertz CT molecular complexity index is 175. The summed E-state index contributed by atoms with van der Waals surface area (Å²) in [6.45, 7) is 6.30. The summed E-state index contributed by atoms with van der Waals surface area (Å²) in [5, 5.41) is 9.48. The van der Waals surface area contributed by atoms with E-state index in [1.807, 2.05) is 6.92 Å². The van der Waals surface area contributed by atoms with Crippen molar-refractivity contribution in [1.29, 1.82) is 0 Å². The molecule has 0 aliphatic heterocycles. The summed E-state index contributed by atoms with van der Waals surface area (Å²) in [7, 11) is 3.43. The van der Waals surface area contributed by atoms with Gasteiger partial charge in [-0.2, -0.15) is 0 Å². The monoisotopic (exact) mass is 188 g/mol. The normalized spacial score (nSPS) is 11.2. The number of rotatable bonds is 3. The van der Waals surface area contributed by atoms with E-state index in [4.69, 9.17) is 0 Å². The van der Waals surface area contributed by atoms with Crippen LogP contribution in [0.3, 0.4) is 0 Å². The fraction of sp³-hybridized carbons (Fsp3) is 0.889. The fourth-order valence-corrected chi connectivity index (χ4v) is 1.07. The van der Waals surface area contributed by atoms with E-state index in [1.165, 1.54) is 4.90 Å². The van der Waals surface area contributed by atoms with Gasteiger partial charge in [0.05, 0.1) is 12.1 Å². The zero-order valence-corrected chi connectivity index (χ0v) is 9.16. The second kappa shape index (κ2) is 4.46. The molecule has 78 valence electrons. The third kappa shape index (κ3) is 4.72. The van der Waals surface area contributed by atoms with Crippen molar-refractivity contribution in [1.82, 2.24) is 9.80 Å². The molecule has 0 rings (SSSR count). The molecule has 0 aliphatic carbocycles. The van der Waals surface area contributed by atoms with Gasteiger partial charge in [-0.25, -0.2) is 4.79 Å². The van der Waals surface area contributed by atoms with Gasteiger partial charge in [0.25, 0.3) is 0 Å². The van der Waals surface area contributed by atoms with Crippen LogP contribution < -0.4 is 0 Å². The molecule has 0 aromatic carbocycles. The Morgan fingerprint density at radius 1 is 1.31 bits per heavy atom. The van der Waals surface area contributed by atoms with Crippen LogP contribution in [0.5, 0.6) is 0 Å². The predicted molar refractivity (Wildman–Crippen MR) is 52.6 cm³/mol. The lowest BCUT2D eigenvalue weighted by atomic mass is 10.1. The average molecular weight is 188 g/mol. The van der Waals surface area contributed by atoms with Crippen LogP contribution in [0.15, 0.2) is 0 Å². The van der Waals surface area contributed by atoms with E-state index in [0.717, 1.165) is 0 Å². The molecule has 0 aromatic heterocycles. The smallest absolute Gasteiger partial charge is 0.319 e. The molecule has 0 radical (unpaired) electrons. The van der Waals surface area contributed by atoms with Crippen LogP contribution >= 0.6 is 0 Å². The maximum atomic E-state index is 11.5. The van der Waals surface area contributed by atoms with Crippen molar-refractivity contribution in [2.24, 2.45) is 0 Å². The number of amides is 2. The van der Waals surface area contributed by atoms with Crippen molar-refractivity contribution in [3.63, 3.8) is 0 Å². The summed E-state index contributed by atoms with van der Waals surface area (Å²) in [4.78, 5) is 14.6. The van der Waals surface area contributed by atoms with Gasteiger partial charge in [0.15, 0.2) is 0 Å². The number of carbonyl (C=O) groups excluding carboxylic acids is 1. The molecule has 1 N–H and O–H groups in total. The highest BCUT2D eigenvalue weighted by Gasteiger charge is 2.20. The zero-order chi connectivity index (χ0) is 10.6. The van der Waals surface area contributed by atoms with Gasteiger partial charge in [-0.3, -0.25) is 0 Å². The number of carbonyl (C=O) groups is 1. The topological polar surface area (TPSA) is 43.8 Å². The van der Waals surface area contributed by atoms with Gasteiger partial charge in [-0.05, 0) is 20.8 Å².